The van der Waals surface area contributed by atoms with Crippen LogP contribution in [0.1, 0.15) is 44.6 Å². The van der Waals surface area contributed by atoms with Crippen molar-refractivity contribution in [1.82, 2.24) is 0 Å². The molecule has 104 valence electrons. The van der Waals surface area contributed by atoms with E-state index in [1.807, 2.05) is 6.92 Å². The summed E-state index contributed by atoms with van der Waals surface area (Å²) in [7, 11) is 0. The molecule has 0 aliphatic carbocycles. The number of hydrogen-bond donors (Lipinski definition) is 1. The third kappa shape index (κ3) is 8.27. The second-order valence-corrected chi connectivity index (χ2v) is 4.53. The first-order chi connectivity index (χ1) is 9.15. The first kappa shape index (κ1) is 19.9. The SMILES string of the molecule is CCC(=O)CCCCCc1cc(F)cc(N[C-]=O)c1.[K+]. The van der Waals surface area contributed by atoms with E-state index < -0.39 is 0 Å². The van der Waals surface area contributed by atoms with Crippen molar-refractivity contribution in [3.05, 3.63) is 29.6 Å². The molecule has 1 N–H and O–H groups in total. The van der Waals surface area contributed by atoms with Crippen LogP contribution in [0.25, 0.3) is 0 Å². The van der Waals surface area contributed by atoms with Crippen LogP contribution in [0.5, 0.6) is 0 Å². The number of halogens is 1. The summed E-state index contributed by atoms with van der Waals surface area (Å²) in [6.07, 6.45) is 6.24. The van der Waals surface area contributed by atoms with Gasteiger partial charge >= 0.3 is 51.4 Å². The maximum absolute atomic E-state index is 13.3. The fourth-order valence-corrected chi connectivity index (χ4v) is 1.93. The van der Waals surface area contributed by atoms with Crippen molar-refractivity contribution in [2.45, 2.75) is 45.4 Å². The molecule has 0 saturated heterocycles. The summed E-state index contributed by atoms with van der Waals surface area (Å²) in [5, 5.41) is 2.32. The van der Waals surface area contributed by atoms with Gasteiger partial charge in [-0.05, 0) is 25.3 Å². The van der Waals surface area contributed by atoms with Crippen LogP contribution >= 0.6 is 0 Å². The molecule has 1 aromatic rings. The van der Waals surface area contributed by atoms with E-state index in [2.05, 4.69) is 5.32 Å². The first-order valence-electron chi connectivity index (χ1n) is 6.60. The summed E-state index contributed by atoms with van der Waals surface area (Å²) in [6.45, 7) is 1.87. The Morgan fingerprint density at radius 1 is 1.25 bits per heavy atom. The van der Waals surface area contributed by atoms with Crippen LogP contribution in [0.4, 0.5) is 10.1 Å². The maximum atomic E-state index is 13.3. The van der Waals surface area contributed by atoms with Crippen molar-refractivity contribution in [3.63, 3.8) is 0 Å². The number of ketones is 1. The molecule has 20 heavy (non-hydrogen) atoms. The van der Waals surface area contributed by atoms with E-state index >= 15 is 0 Å². The van der Waals surface area contributed by atoms with E-state index in [0.29, 0.717) is 24.3 Å². The van der Waals surface area contributed by atoms with E-state index in [1.54, 1.807) is 6.07 Å². The van der Waals surface area contributed by atoms with Gasteiger partial charge in [-0.2, -0.15) is 0 Å². The summed E-state index contributed by atoms with van der Waals surface area (Å²) in [4.78, 5) is 21.3. The first-order valence-corrected chi connectivity index (χ1v) is 6.60. The van der Waals surface area contributed by atoms with Crippen molar-refractivity contribution < 1.29 is 65.4 Å². The van der Waals surface area contributed by atoms with Crippen molar-refractivity contribution in [1.29, 1.82) is 0 Å². The Morgan fingerprint density at radius 2 is 2.00 bits per heavy atom. The van der Waals surface area contributed by atoms with E-state index in [9.17, 15) is 14.0 Å². The molecule has 0 aliphatic rings. The molecule has 1 aromatic carbocycles. The van der Waals surface area contributed by atoms with Gasteiger partial charge in [0.2, 0.25) is 0 Å². The molecular weight excluding hydrogens is 284 g/mol. The zero-order valence-corrected chi connectivity index (χ0v) is 15.3. The number of carbonyl (C=O) groups is 1. The number of aryl methyl sites for hydroxylation is 1. The molecule has 0 aromatic heterocycles. The van der Waals surface area contributed by atoms with Crippen molar-refractivity contribution in [2.24, 2.45) is 0 Å². The smallest absolute Gasteiger partial charge is 0.490 e. The summed E-state index contributed by atoms with van der Waals surface area (Å²) in [5.74, 6) is -0.0739. The zero-order valence-electron chi connectivity index (χ0n) is 12.2. The average Bonchev–Trinajstić information content (AvgIpc) is 2.37. The van der Waals surface area contributed by atoms with Crippen LogP contribution in [0, 0.1) is 5.82 Å². The number of anilines is 1. The second kappa shape index (κ2) is 11.6. The molecule has 3 nitrogen and oxygen atoms in total. The predicted octanol–water partition coefficient (Wildman–Crippen LogP) is 0.391. The number of nitrogens with one attached hydrogen (secondary N) is 1. The number of hydrogen-bond acceptors (Lipinski definition) is 2. The maximum Gasteiger partial charge on any atom is 1.00 e. The third-order valence-electron chi connectivity index (χ3n) is 2.97. The molecule has 5 heteroatoms. The molecule has 0 saturated carbocycles. The summed E-state index contributed by atoms with van der Waals surface area (Å²) >= 11 is 0. The van der Waals surface area contributed by atoms with Crippen molar-refractivity contribution in [3.8, 4) is 0 Å². The minimum absolute atomic E-state index is 0. The van der Waals surface area contributed by atoms with Crippen LogP contribution in [-0.4, -0.2) is 12.2 Å². The van der Waals surface area contributed by atoms with E-state index in [0.717, 1.165) is 31.2 Å². The molecule has 0 aliphatic heterocycles. The van der Waals surface area contributed by atoms with Crippen LogP contribution in [0.2, 0.25) is 0 Å². The molecule has 0 spiro atoms. The molecule has 1 rings (SSSR count). The van der Waals surface area contributed by atoms with Gasteiger partial charge in [-0.1, -0.05) is 25.0 Å². The topological polar surface area (TPSA) is 46.2 Å². The van der Waals surface area contributed by atoms with E-state index in [-0.39, 0.29) is 57.2 Å². The Labute approximate surface area is 162 Å². The molecular formula is C15H19FKNO2. The van der Waals surface area contributed by atoms with Gasteiger partial charge in [-0.15, -0.1) is 11.8 Å². The Balaban J connectivity index is 0.00000361. The van der Waals surface area contributed by atoms with Crippen LogP contribution in [0.3, 0.4) is 0 Å². The molecule has 0 radical (unpaired) electrons. The number of unbranched alkanes of at least 4 members (excludes halogenated alkanes) is 2. The number of rotatable bonds is 9. The fraction of sp³-hybridized carbons (Fsp3) is 0.467. The molecule has 0 bridgehead atoms. The third-order valence-corrected chi connectivity index (χ3v) is 2.97. The number of carbonyl (C=O) groups excluding carboxylic acids is 2. The van der Waals surface area contributed by atoms with Gasteiger partial charge in [0.15, 0.2) is 0 Å². The quantitative estimate of drug-likeness (QED) is 0.310. The molecule has 0 unspecified atom stereocenters. The summed E-state index contributed by atoms with van der Waals surface area (Å²) in [6, 6.07) is 4.46. The fourth-order valence-electron chi connectivity index (χ4n) is 1.93. The average molecular weight is 303 g/mol. The largest absolute Gasteiger partial charge is 1.00 e. The monoisotopic (exact) mass is 303 g/mol. The molecule has 1 amide bonds. The van der Waals surface area contributed by atoms with Crippen molar-refractivity contribution >= 4 is 17.9 Å². The second-order valence-electron chi connectivity index (χ2n) is 4.53. The Bertz CT molecular complexity index is 438. The van der Waals surface area contributed by atoms with Gasteiger partial charge in [0.25, 0.3) is 0 Å². The molecule has 0 heterocycles. The molecule has 0 atom stereocenters. The summed E-state index contributed by atoms with van der Waals surface area (Å²) < 4.78 is 13.3. The van der Waals surface area contributed by atoms with Gasteiger partial charge in [0.05, 0.1) is 6.41 Å². The van der Waals surface area contributed by atoms with Crippen LogP contribution < -0.4 is 56.7 Å². The van der Waals surface area contributed by atoms with Gasteiger partial charge in [0, 0.05) is 12.8 Å². The van der Waals surface area contributed by atoms with Gasteiger partial charge in [-0.25, -0.2) is 4.39 Å². The predicted molar refractivity (Wildman–Crippen MR) is 73.2 cm³/mol. The zero-order chi connectivity index (χ0) is 14.1. The number of Topliss-reactive ketones (excluding diaryl/α,β-unsaturated/α-hetero) is 1. The van der Waals surface area contributed by atoms with Gasteiger partial charge in [0.1, 0.15) is 11.6 Å². The van der Waals surface area contributed by atoms with Crippen LogP contribution in [0.15, 0.2) is 18.2 Å². The van der Waals surface area contributed by atoms with E-state index in [1.165, 1.54) is 18.5 Å². The Morgan fingerprint density at radius 3 is 2.65 bits per heavy atom. The van der Waals surface area contributed by atoms with Gasteiger partial charge in [-0.3, -0.25) is 4.79 Å². The van der Waals surface area contributed by atoms with Crippen molar-refractivity contribution in [2.75, 3.05) is 5.32 Å². The summed E-state index contributed by atoms with van der Waals surface area (Å²) in [5.41, 5.74) is 1.27. The number of amides is 1. The Kier molecular flexibility index (Phi) is 11.5. The standard InChI is InChI=1S/C15H19FNO2.K/c1-2-15(19)7-5-3-4-6-12-8-13(16)10-14(9-12)17-11-18;/h8-10H,2-7H2,1H3,(H,17,18);/q-1;+1. The minimum atomic E-state index is -0.364. The Hall–Kier alpha value is -0.0736. The molecule has 0 fully saturated rings. The van der Waals surface area contributed by atoms with E-state index in [4.69, 9.17) is 0 Å². The number of benzene rings is 1. The normalized spacial score (nSPS) is 9.70. The van der Waals surface area contributed by atoms with Gasteiger partial charge < -0.3 is 10.1 Å². The minimum Gasteiger partial charge on any atom is -0.490 e. The van der Waals surface area contributed by atoms with Crippen LogP contribution in [-0.2, 0) is 16.0 Å².